The molecule has 1 aliphatic carbocycles. The minimum absolute atomic E-state index is 0.422. The van der Waals surface area contributed by atoms with Gasteiger partial charge < -0.3 is 14.7 Å². The van der Waals surface area contributed by atoms with Gasteiger partial charge in [-0.1, -0.05) is 38.5 Å². The van der Waals surface area contributed by atoms with E-state index in [1.165, 1.54) is 11.9 Å². The summed E-state index contributed by atoms with van der Waals surface area (Å²) < 4.78 is 45.7. The van der Waals surface area contributed by atoms with Crippen LogP contribution in [0.15, 0.2) is 53.6 Å². The minimum atomic E-state index is -4.60. The van der Waals surface area contributed by atoms with Crippen LogP contribution < -0.4 is 14.6 Å². The van der Waals surface area contributed by atoms with Crippen LogP contribution in [0.1, 0.15) is 32.3 Å². The number of ether oxygens (including phenoxy) is 1. The SMILES string of the molecule is CCC1C(Cc2ccc(N3N=C(C(F)(F)F)[C@@H](C)[C@@H]3CC(=O)O)cc2)C1CN(C)c1cccc(OC)c1. The second-order valence-electron chi connectivity index (χ2n) is 10.1. The summed E-state index contributed by atoms with van der Waals surface area (Å²) in [6, 6.07) is 14.5. The molecule has 2 aromatic carbocycles. The van der Waals surface area contributed by atoms with Crippen molar-refractivity contribution in [2.24, 2.45) is 28.8 Å². The maximum absolute atomic E-state index is 13.5. The molecular weight excluding hydrogens is 483 g/mol. The summed E-state index contributed by atoms with van der Waals surface area (Å²) in [5.41, 5.74) is 1.76. The van der Waals surface area contributed by atoms with Gasteiger partial charge in [0.05, 0.1) is 25.3 Å². The van der Waals surface area contributed by atoms with Crippen molar-refractivity contribution in [2.45, 2.75) is 45.3 Å². The minimum Gasteiger partial charge on any atom is -0.497 e. The molecule has 200 valence electrons. The Bertz CT molecular complexity index is 1140. The maximum atomic E-state index is 13.5. The zero-order valence-electron chi connectivity index (χ0n) is 21.6. The Balaban J connectivity index is 1.44. The van der Waals surface area contributed by atoms with Crippen molar-refractivity contribution in [3.8, 4) is 5.75 Å². The predicted octanol–water partition coefficient (Wildman–Crippen LogP) is 5.86. The third-order valence-corrected chi connectivity index (χ3v) is 7.84. The number of hydrogen-bond donors (Lipinski definition) is 1. The highest BCUT2D eigenvalue weighted by molar-refractivity contribution is 5.95. The van der Waals surface area contributed by atoms with Gasteiger partial charge in [0.2, 0.25) is 0 Å². The van der Waals surface area contributed by atoms with Gasteiger partial charge in [-0.2, -0.15) is 18.3 Å². The number of methoxy groups -OCH3 is 1. The van der Waals surface area contributed by atoms with Gasteiger partial charge in [0.1, 0.15) is 11.5 Å². The molecule has 1 heterocycles. The van der Waals surface area contributed by atoms with Crippen LogP contribution in [-0.2, 0) is 11.2 Å². The molecule has 4 rings (SSSR count). The third kappa shape index (κ3) is 5.86. The number of rotatable bonds is 10. The van der Waals surface area contributed by atoms with Crippen molar-refractivity contribution in [1.82, 2.24) is 0 Å². The molecule has 2 aromatic rings. The van der Waals surface area contributed by atoms with Gasteiger partial charge in [-0.3, -0.25) is 9.80 Å². The van der Waals surface area contributed by atoms with Crippen molar-refractivity contribution >= 4 is 23.1 Å². The van der Waals surface area contributed by atoms with Gasteiger partial charge in [-0.25, -0.2) is 0 Å². The molecule has 2 aliphatic rings. The summed E-state index contributed by atoms with van der Waals surface area (Å²) in [5.74, 6) is 0.348. The Morgan fingerprint density at radius 1 is 1.14 bits per heavy atom. The number of carbonyl (C=O) groups is 1. The van der Waals surface area contributed by atoms with Crippen LogP contribution in [-0.4, -0.2) is 49.7 Å². The molecule has 1 saturated carbocycles. The normalized spacial score (nSPS) is 25.1. The average Bonchev–Trinajstić information content (AvgIpc) is 3.40. The van der Waals surface area contributed by atoms with Crippen LogP contribution in [0.3, 0.4) is 0 Å². The number of alkyl halides is 3. The molecule has 0 radical (unpaired) electrons. The quantitative estimate of drug-likeness (QED) is 0.428. The van der Waals surface area contributed by atoms with E-state index in [1.807, 2.05) is 30.3 Å². The van der Waals surface area contributed by atoms with Crippen LogP contribution in [0.25, 0.3) is 0 Å². The molecule has 9 heteroatoms. The number of carboxylic acids is 1. The van der Waals surface area contributed by atoms with Crippen molar-refractivity contribution in [3.05, 3.63) is 54.1 Å². The highest BCUT2D eigenvalue weighted by Gasteiger charge is 2.49. The fourth-order valence-electron chi connectivity index (χ4n) is 5.71. The molecule has 1 N–H and O–H groups in total. The number of nitrogens with zero attached hydrogens (tertiary/aromatic N) is 3. The molecular formula is C28H34F3N3O3. The fraction of sp³-hybridized carbons (Fsp3) is 0.500. The Labute approximate surface area is 215 Å². The molecule has 37 heavy (non-hydrogen) atoms. The standard InChI is InChI=1S/C28H34F3N3O3/c1-5-22-23(24(22)16-33(3)20-7-6-8-21(14-20)37-4)13-18-9-11-19(12-10-18)34-25(15-26(35)36)17(2)27(32-34)28(29,30)31/h6-12,14,17,22-25H,5,13,15-16H2,1-4H3,(H,35,36)/t17-,22?,23?,24?,25-/m0/s1. The topological polar surface area (TPSA) is 65.4 Å². The van der Waals surface area contributed by atoms with Crippen molar-refractivity contribution in [1.29, 1.82) is 0 Å². The number of aliphatic carboxylic acids is 1. The van der Waals surface area contributed by atoms with Gasteiger partial charge in [-0.15, -0.1) is 0 Å². The van der Waals surface area contributed by atoms with E-state index in [4.69, 9.17) is 4.74 Å². The van der Waals surface area contributed by atoms with E-state index in [9.17, 15) is 23.1 Å². The summed E-state index contributed by atoms with van der Waals surface area (Å²) in [6.07, 6.45) is -3.04. The van der Waals surface area contributed by atoms with E-state index in [2.05, 4.69) is 30.0 Å². The maximum Gasteiger partial charge on any atom is 0.431 e. The zero-order chi connectivity index (χ0) is 26.9. The highest BCUT2D eigenvalue weighted by atomic mass is 19.4. The van der Waals surface area contributed by atoms with Gasteiger partial charge in [0.15, 0.2) is 0 Å². The van der Waals surface area contributed by atoms with Crippen LogP contribution in [0, 0.1) is 23.7 Å². The Morgan fingerprint density at radius 2 is 1.84 bits per heavy atom. The van der Waals surface area contributed by atoms with Crippen molar-refractivity contribution in [3.63, 3.8) is 0 Å². The summed E-state index contributed by atoms with van der Waals surface area (Å²) in [7, 11) is 3.75. The molecule has 1 aliphatic heterocycles. The lowest BCUT2D eigenvalue weighted by Gasteiger charge is -2.25. The van der Waals surface area contributed by atoms with Crippen molar-refractivity contribution < 1.29 is 27.8 Å². The molecule has 6 nitrogen and oxygen atoms in total. The molecule has 3 unspecified atom stereocenters. The smallest absolute Gasteiger partial charge is 0.431 e. The number of benzene rings is 2. The summed E-state index contributed by atoms with van der Waals surface area (Å²) in [5, 5.41) is 14.3. The van der Waals surface area contributed by atoms with Crippen LogP contribution in [0.2, 0.25) is 0 Å². The van der Waals surface area contributed by atoms with E-state index in [0.29, 0.717) is 23.4 Å². The number of carboxylic acid groups (broad SMARTS) is 1. The monoisotopic (exact) mass is 517 g/mol. The Kier molecular flexibility index (Phi) is 7.71. The summed E-state index contributed by atoms with van der Waals surface area (Å²) >= 11 is 0. The van der Waals surface area contributed by atoms with Gasteiger partial charge in [0, 0.05) is 31.3 Å². The first-order valence-electron chi connectivity index (χ1n) is 12.6. The van der Waals surface area contributed by atoms with E-state index in [-0.39, 0.29) is 0 Å². The van der Waals surface area contributed by atoms with Gasteiger partial charge >= 0.3 is 12.1 Å². The Hall–Kier alpha value is -3.23. The second-order valence-corrected chi connectivity index (χ2v) is 10.1. The first-order chi connectivity index (χ1) is 17.5. The lowest BCUT2D eigenvalue weighted by Crippen LogP contribution is -2.36. The largest absolute Gasteiger partial charge is 0.497 e. The average molecular weight is 518 g/mol. The van der Waals surface area contributed by atoms with E-state index in [0.717, 1.165) is 36.4 Å². The lowest BCUT2D eigenvalue weighted by molar-refractivity contribution is -0.137. The summed E-state index contributed by atoms with van der Waals surface area (Å²) in [6.45, 7) is 4.53. The molecule has 5 atom stereocenters. The first kappa shape index (κ1) is 26.8. The molecule has 1 fully saturated rings. The van der Waals surface area contributed by atoms with E-state index in [1.54, 1.807) is 19.2 Å². The number of hydrogen-bond acceptors (Lipinski definition) is 5. The van der Waals surface area contributed by atoms with Crippen LogP contribution in [0.5, 0.6) is 5.75 Å². The van der Waals surface area contributed by atoms with Gasteiger partial charge in [0.25, 0.3) is 0 Å². The fourth-order valence-corrected chi connectivity index (χ4v) is 5.71. The summed E-state index contributed by atoms with van der Waals surface area (Å²) in [4.78, 5) is 13.6. The highest BCUT2D eigenvalue weighted by Crippen LogP contribution is 2.51. The zero-order valence-corrected chi connectivity index (χ0v) is 21.6. The number of halogens is 3. The molecule has 0 amide bonds. The molecule has 0 saturated heterocycles. The van der Waals surface area contributed by atoms with Crippen LogP contribution in [0.4, 0.5) is 24.5 Å². The van der Waals surface area contributed by atoms with E-state index >= 15 is 0 Å². The van der Waals surface area contributed by atoms with Crippen LogP contribution >= 0.6 is 0 Å². The third-order valence-electron chi connectivity index (χ3n) is 7.84. The molecule has 0 aromatic heterocycles. The second kappa shape index (κ2) is 10.6. The Morgan fingerprint density at radius 3 is 2.43 bits per heavy atom. The first-order valence-corrected chi connectivity index (χ1v) is 12.6. The number of anilines is 2. The predicted molar refractivity (Wildman–Crippen MR) is 138 cm³/mol. The number of hydrazone groups is 1. The van der Waals surface area contributed by atoms with Crippen molar-refractivity contribution in [2.75, 3.05) is 30.6 Å². The van der Waals surface area contributed by atoms with Gasteiger partial charge in [-0.05, 0) is 54.0 Å². The van der Waals surface area contributed by atoms with E-state index < -0.39 is 36.2 Å². The lowest BCUT2D eigenvalue weighted by atomic mass is 9.94. The molecule has 0 bridgehead atoms. The molecule has 0 spiro atoms.